The molecule has 0 radical (unpaired) electrons. The predicted octanol–water partition coefficient (Wildman–Crippen LogP) is 4.99. The molecule has 148 valence electrons. The first-order chi connectivity index (χ1) is 13.2. The second kappa shape index (κ2) is 7.84. The van der Waals surface area contributed by atoms with E-state index in [1.165, 1.54) is 13.2 Å². The highest BCUT2D eigenvalue weighted by Crippen LogP contribution is 2.37. The minimum absolute atomic E-state index is 0.174. The largest absolute Gasteiger partial charge is 0.371 e. The summed E-state index contributed by atoms with van der Waals surface area (Å²) >= 11 is 0. The third kappa shape index (κ3) is 3.99. The number of halogens is 2. The van der Waals surface area contributed by atoms with Crippen molar-refractivity contribution in [1.82, 2.24) is 4.90 Å². The Balaban J connectivity index is 2.03. The van der Waals surface area contributed by atoms with Crippen LogP contribution >= 0.6 is 0 Å². The highest BCUT2D eigenvalue weighted by Gasteiger charge is 2.40. The van der Waals surface area contributed by atoms with Gasteiger partial charge in [-0.25, -0.2) is 8.78 Å². The summed E-state index contributed by atoms with van der Waals surface area (Å²) in [4.78, 5) is 15.0. The molecule has 2 aromatic rings. The van der Waals surface area contributed by atoms with Gasteiger partial charge in [-0.15, -0.1) is 0 Å². The van der Waals surface area contributed by atoms with Gasteiger partial charge in [-0.05, 0) is 34.8 Å². The van der Waals surface area contributed by atoms with E-state index in [-0.39, 0.29) is 24.1 Å². The van der Waals surface area contributed by atoms with Gasteiger partial charge in [0.05, 0.1) is 6.04 Å². The van der Waals surface area contributed by atoms with Gasteiger partial charge in [-0.2, -0.15) is 0 Å². The van der Waals surface area contributed by atoms with Crippen LogP contribution in [0.25, 0.3) is 5.57 Å². The molecule has 1 aliphatic rings. The van der Waals surface area contributed by atoms with Gasteiger partial charge in [0.1, 0.15) is 17.7 Å². The molecule has 0 aromatic heterocycles. The molecule has 2 aromatic carbocycles. The fourth-order valence-electron chi connectivity index (χ4n) is 3.65. The summed E-state index contributed by atoms with van der Waals surface area (Å²) in [5, 5.41) is 0. The van der Waals surface area contributed by atoms with Crippen molar-refractivity contribution in [2.24, 2.45) is 5.41 Å². The highest BCUT2D eigenvalue weighted by molar-refractivity contribution is 5.87. The van der Waals surface area contributed by atoms with Crippen molar-refractivity contribution in [3.8, 4) is 0 Å². The Bertz CT molecular complexity index is 887. The topological polar surface area (TPSA) is 29.5 Å². The maximum atomic E-state index is 14.4. The Morgan fingerprint density at radius 2 is 1.82 bits per heavy atom. The molecule has 3 nitrogen and oxygen atoms in total. The number of amides is 1. The summed E-state index contributed by atoms with van der Waals surface area (Å²) < 4.78 is 33.6. The minimum Gasteiger partial charge on any atom is -0.371 e. The van der Waals surface area contributed by atoms with Gasteiger partial charge >= 0.3 is 0 Å². The Hall–Kier alpha value is -2.53. The first-order valence-corrected chi connectivity index (χ1v) is 9.26. The lowest BCUT2D eigenvalue weighted by Crippen LogP contribution is -2.46. The van der Waals surface area contributed by atoms with Gasteiger partial charge in [0.15, 0.2) is 0 Å². The molecule has 1 aliphatic heterocycles. The van der Waals surface area contributed by atoms with Crippen LogP contribution in [0.3, 0.4) is 0 Å². The third-order valence-electron chi connectivity index (χ3n) is 4.98. The molecule has 0 aliphatic carbocycles. The van der Waals surface area contributed by atoms with Gasteiger partial charge in [0.25, 0.3) is 5.91 Å². The number of benzene rings is 2. The molecule has 0 N–H and O–H groups in total. The number of hydrogen-bond donors (Lipinski definition) is 0. The number of hydrogen-bond acceptors (Lipinski definition) is 2. The van der Waals surface area contributed by atoms with Crippen molar-refractivity contribution < 1.29 is 18.3 Å². The average molecular weight is 385 g/mol. The van der Waals surface area contributed by atoms with Gasteiger partial charge in [0, 0.05) is 19.2 Å². The summed E-state index contributed by atoms with van der Waals surface area (Å²) in [5.41, 5.74) is 1.27. The first-order valence-electron chi connectivity index (χ1n) is 9.26. The Kier molecular flexibility index (Phi) is 5.66. The third-order valence-corrected chi connectivity index (χ3v) is 4.98. The van der Waals surface area contributed by atoms with Crippen molar-refractivity contribution in [3.05, 3.63) is 77.4 Å². The molecular weight excluding hydrogens is 360 g/mol. The van der Waals surface area contributed by atoms with Gasteiger partial charge in [-0.3, -0.25) is 4.79 Å². The monoisotopic (exact) mass is 385 g/mol. The fourth-order valence-corrected chi connectivity index (χ4v) is 3.65. The lowest BCUT2D eigenvalue weighted by Gasteiger charge is -2.34. The first kappa shape index (κ1) is 20.2. The minimum atomic E-state index is -0.649. The zero-order valence-electron chi connectivity index (χ0n) is 16.6. The lowest BCUT2D eigenvalue weighted by molar-refractivity contribution is -0.149. The smallest absolute Gasteiger partial charge is 0.253 e. The maximum absolute atomic E-state index is 14.4. The zero-order valence-corrected chi connectivity index (χ0v) is 16.6. The van der Waals surface area contributed by atoms with E-state index in [0.717, 1.165) is 17.7 Å². The number of carbonyl (C=O) groups is 1. The predicted molar refractivity (Wildman–Crippen MR) is 105 cm³/mol. The second-order valence-corrected chi connectivity index (χ2v) is 8.12. The lowest BCUT2D eigenvalue weighted by atomic mass is 9.87. The molecule has 0 saturated heterocycles. The second-order valence-electron chi connectivity index (χ2n) is 8.12. The SMILES string of the molecule is CO[C@H](C(=O)N1CC(c2cc(F)ccc2F)=C[C@H]1c1ccccc1)C(C)(C)C. The average Bonchev–Trinajstić information content (AvgIpc) is 3.09. The van der Waals surface area contributed by atoms with Crippen LogP contribution < -0.4 is 0 Å². The van der Waals surface area contributed by atoms with Crippen LogP contribution in [0.4, 0.5) is 8.78 Å². The number of nitrogens with zero attached hydrogens (tertiary/aromatic N) is 1. The molecule has 2 atom stereocenters. The van der Waals surface area contributed by atoms with E-state index >= 15 is 0 Å². The van der Waals surface area contributed by atoms with Crippen molar-refractivity contribution in [1.29, 1.82) is 0 Å². The maximum Gasteiger partial charge on any atom is 0.253 e. The van der Waals surface area contributed by atoms with E-state index in [2.05, 4.69) is 0 Å². The van der Waals surface area contributed by atoms with Gasteiger partial charge < -0.3 is 9.64 Å². The molecule has 28 heavy (non-hydrogen) atoms. The Morgan fingerprint density at radius 3 is 2.43 bits per heavy atom. The molecule has 3 rings (SSSR count). The van der Waals surface area contributed by atoms with E-state index in [4.69, 9.17) is 4.74 Å². The summed E-state index contributed by atoms with van der Waals surface area (Å²) in [6.45, 7) is 6.00. The van der Waals surface area contributed by atoms with Crippen LogP contribution in [0.2, 0.25) is 0 Å². The number of carbonyl (C=O) groups excluding carboxylic acids is 1. The van der Waals surface area contributed by atoms with Crippen LogP contribution in [0.5, 0.6) is 0 Å². The van der Waals surface area contributed by atoms with Gasteiger partial charge in [0.2, 0.25) is 0 Å². The van der Waals surface area contributed by atoms with Crippen LogP contribution in [-0.2, 0) is 9.53 Å². The Morgan fingerprint density at radius 1 is 1.14 bits per heavy atom. The molecule has 0 unspecified atom stereocenters. The van der Waals surface area contributed by atoms with Crippen molar-refractivity contribution in [2.75, 3.05) is 13.7 Å². The number of rotatable bonds is 4. The zero-order chi connectivity index (χ0) is 20.5. The van der Waals surface area contributed by atoms with Crippen LogP contribution in [0, 0.1) is 17.0 Å². The molecule has 0 bridgehead atoms. The quantitative estimate of drug-likeness (QED) is 0.742. The highest BCUT2D eigenvalue weighted by atomic mass is 19.1. The van der Waals surface area contributed by atoms with Crippen LogP contribution in [0.1, 0.15) is 37.9 Å². The molecule has 0 saturated carbocycles. The summed E-state index contributed by atoms with van der Waals surface area (Å²) in [7, 11) is 1.52. The van der Waals surface area contributed by atoms with Gasteiger partial charge in [-0.1, -0.05) is 57.2 Å². The van der Waals surface area contributed by atoms with E-state index in [9.17, 15) is 13.6 Å². The van der Waals surface area contributed by atoms with E-state index in [1.54, 1.807) is 4.90 Å². The van der Waals surface area contributed by atoms with Crippen LogP contribution in [-0.4, -0.2) is 30.6 Å². The standard InChI is InChI=1S/C23H25F2NO2/c1-23(2,3)21(28-4)22(27)26-14-16(18-13-17(24)10-11-19(18)25)12-20(26)15-8-6-5-7-9-15/h5-13,20-21H,14H2,1-4H3/t20-,21+/m0/s1. The molecule has 0 fully saturated rings. The van der Waals surface area contributed by atoms with E-state index < -0.39 is 23.2 Å². The molecule has 1 heterocycles. The molecule has 5 heteroatoms. The van der Waals surface area contributed by atoms with Crippen molar-refractivity contribution >= 4 is 11.5 Å². The van der Waals surface area contributed by atoms with Crippen LogP contribution in [0.15, 0.2) is 54.6 Å². The summed E-state index contributed by atoms with van der Waals surface area (Å²) in [6, 6.07) is 12.5. The fraction of sp³-hybridized carbons (Fsp3) is 0.348. The van der Waals surface area contributed by atoms with Crippen molar-refractivity contribution in [2.45, 2.75) is 32.9 Å². The summed E-state index contributed by atoms with van der Waals surface area (Å²) in [5.74, 6) is -1.19. The summed E-state index contributed by atoms with van der Waals surface area (Å²) in [6.07, 6.45) is 1.18. The molecule has 0 spiro atoms. The Labute approximate surface area is 164 Å². The number of methoxy groups -OCH3 is 1. The van der Waals surface area contributed by atoms with Crippen molar-refractivity contribution in [3.63, 3.8) is 0 Å². The normalized spacial score (nSPS) is 18.1. The van der Waals surface area contributed by atoms with E-state index in [1.807, 2.05) is 57.2 Å². The van der Waals surface area contributed by atoms with E-state index in [0.29, 0.717) is 5.57 Å². The number of ether oxygens (including phenoxy) is 1. The molecular formula is C23H25F2NO2. The molecule has 1 amide bonds.